The minimum atomic E-state index is -3.91. The molecule has 2 amide bonds. The van der Waals surface area contributed by atoms with Crippen molar-refractivity contribution in [3.05, 3.63) is 59.7 Å². The highest BCUT2D eigenvalue weighted by Crippen LogP contribution is 2.27. The molecule has 1 aliphatic heterocycles. The Bertz CT molecular complexity index is 1350. The minimum absolute atomic E-state index is 0.0162. The fourth-order valence-corrected chi connectivity index (χ4v) is 6.77. The Labute approximate surface area is 242 Å². The summed E-state index contributed by atoms with van der Waals surface area (Å²) in [7, 11) is -3.91. The molecule has 10 nitrogen and oxygen atoms in total. The zero-order valence-electron chi connectivity index (χ0n) is 23.6. The third-order valence-corrected chi connectivity index (χ3v) is 9.22. The Morgan fingerprint density at radius 2 is 1.78 bits per heavy atom. The smallest absolute Gasteiger partial charge is 0.227 e. The van der Waals surface area contributed by atoms with E-state index in [4.69, 9.17) is 16.9 Å². The molecule has 2 aromatic rings. The molecule has 0 saturated carbocycles. The molecular weight excluding hydrogens is 542 g/mol. The van der Waals surface area contributed by atoms with Gasteiger partial charge < -0.3 is 26.5 Å². The lowest BCUT2D eigenvalue weighted by Crippen LogP contribution is -2.44. The molecule has 0 radical (unpaired) electrons. The van der Waals surface area contributed by atoms with Crippen LogP contribution in [0.25, 0.3) is 0 Å². The second kappa shape index (κ2) is 14.9. The summed E-state index contributed by atoms with van der Waals surface area (Å²) in [5.74, 6) is -1.30. The molecule has 1 atom stereocenters. The molecule has 3 rings (SSSR count). The summed E-state index contributed by atoms with van der Waals surface area (Å²) in [5.41, 5.74) is 12.6. The number of benzene rings is 2. The molecule has 6 N–H and O–H groups in total. The van der Waals surface area contributed by atoms with Crippen molar-refractivity contribution in [2.24, 2.45) is 23.3 Å². The third-order valence-electron chi connectivity index (χ3n) is 7.41. The number of hydrogen-bond donors (Lipinski definition) is 4. The largest absolute Gasteiger partial charge is 0.384 e. The molecule has 1 heterocycles. The number of ketones is 1. The van der Waals surface area contributed by atoms with E-state index in [1.54, 1.807) is 48.2 Å². The number of hydrogen-bond acceptors (Lipinski definition) is 7. The van der Waals surface area contributed by atoms with Crippen molar-refractivity contribution in [1.29, 1.82) is 5.41 Å². The van der Waals surface area contributed by atoms with Gasteiger partial charge in [0.15, 0.2) is 9.84 Å². The number of carbonyl (C=O) groups excluding carboxylic acids is 3. The van der Waals surface area contributed by atoms with Gasteiger partial charge in [-0.1, -0.05) is 24.3 Å². The van der Waals surface area contributed by atoms with E-state index in [2.05, 4.69) is 5.32 Å². The maximum Gasteiger partial charge on any atom is 0.227 e. The summed E-state index contributed by atoms with van der Waals surface area (Å²) in [6, 6.07) is 13.0. The molecule has 0 aromatic heterocycles. The zero-order valence-corrected chi connectivity index (χ0v) is 24.4. The average molecular weight is 584 g/mol. The molecule has 41 heavy (non-hydrogen) atoms. The van der Waals surface area contributed by atoms with Gasteiger partial charge in [-0.15, -0.1) is 0 Å². The standard InChI is InChI=1S/C30H41N5O5S/c1-21(36)5-2-6-22-12-15-35(16-13-22)30(38)25(18-23-7-3-8-24(17-23)29(32)33)20-41(39,40)27-10-4-9-26(19-27)34-28(37)11-14-31/h3-4,7-10,17,19,22,25H,2,5-6,11-16,18,20,31H2,1H3,(H3,32,33)(H,34,37)/t25-/m1/s1. The number of nitrogens with two attached hydrogens (primary N) is 2. The van der Waals surface area contributed by atoms with Gasteiger partial charge in [-0.05, 0) is 74.8 Å². The van der Waals surface area contributed by atoms with Gasteiger partial charge in [-0.3, -0.25) is 15.0 Å². The van der Waals surface area contributed by atoms with Gasteiger partial charge in [0.1, 0.15) is 11.6 Å². The summed E-state index contributed by atoms with van der Waals surface area (Å²) in [4.78, 5) is 38.8. The number of anilines is 1. The van der Waals surface area contributed by atoms with Crippen LogP contribution >= 0.6 is 0 Å². The number of nitrogens with one attached hydrogen (secondary N) is 2. The summed E-state index contributed by atoms with van der Waals surface area (Å²) in [6.45, 7) is 2.84. The number of amidine groups is 1. The molecule has 1 fully saturated rings. The minimum Gasteiger partial charge on any atom is -0.384 e. The number of amides is 2. The number of carbonyl (C=O) groups is 3. The van der Waals surface area contributed by atoms with E-state index in [-0.39, 0.29) is 47.7 Å². The van der Waals surface area contributed by atoms with Crippen molar-refractivity contribution in [1.82, 2.24) is 4.90 Å². The van der Waals surface area contributed by atoms with Crippen LogP contribution in [0.4, 0.5) is 5.69 Å². The monoisotopic (exact) mass is 583 g/mol. The predicted molar refractivity (Wildman–Crippen MR) is 159 cm³/mol. The topological polar surface area (TPSA) is 177 Å². The second-order valence-corrected chi connectivity index (χ2v) is 12.8. The van der Waals surface area contributed by atoms with Gasteiger partial charge >= 0.3 is 0 Å². The Kier molecular flexibility index (Phi) is 11.6. The molecule has 0 spiro atoms. The summed E-state index contributed by atoms with van der Waals surface area (Å²) < 4.78 is 27.2. The Morgan fingerprint density at radius 1 is 1.07 bits per heavy atom. The molecular formula is C30H41N5O5S. The van der Waals surface area contributed by atoms with E-state index in [9.17, 15) is 22.8 Å². The van der Waals surface area contributed by atoms with Crippen molar-refractivity contribution in [3.8, 4) is 0 Å². The fraction of sp³-hybridized carbons (Fsp3) is 0.467. The van der Waals surface area contributed by atoms with E-state index in [0.717, 1.165) is 25.7 Å². The van der Waals surface area contributed by atoms with Gasteiger partial charge in [-0.25, -0.2) is 8.42 Å². The number of piperidine rings is 1. The van der Waals surface area contributed by atoms with E-state index in [1.165, 1.54) is 12.1 Å². The van der Waals surface area contributed by atoms with Crippen LogP contribution in [0, 0.1) is 17.2 Å². The maximum atomic E-state index is 13.8. The van der Waals surface area contributed by atoms with Crippen LogP contribution in [0.1, 0.15) is 56.6 Å². The Balaban J connectivity index is 1.80. The summed E-state index contributed by atoms with van der Waals surface area (Å²) in [5, 5.41) is 10.4. The van der Waals surface area contributed by atoms with Crippen molar-refractivity contribution >= 4 is 39.0 Å². The average Bonchev–Trinajstić information content (AvgIpc) is 2.93. The van der Waals surface area contributed by atoms with Crippen LogP contribution in [0.2, 0.25) is 0 Å². The summed E-state index contributed by atoms with van der Waals surface area (Å²) >= 11 is 0. The number of nitrogen functional groups attached to an aromatic ring is 1. The quantitative estimate of drug-likeness (QED) is 0.195. The van der Waals surface area contributed by atoms with Crippen LogP contribution in [0.3, 0.4) is 0 Å². The molecule has 0 bridgehead atoms. The molecule has 1 aliphatic rings. The van der Waals surface area contributed by atoms with Crippen LogP contribution in [0.15, 0.2) is 53.4 Å². The predicted octanol–water partition coefficient (Wildman–Crippen LogP) is 2.89. The first-order chi connectivity index (χ1) is 19.5. The lowest BCUT2D eigenvalue weighted by Gasteiger charge is -2.34. The molecule has 11 heteroatoms. The number of rotatable bonds is 14. The lowest BCUT2D eigenvalue weighted by atomic mass is 9.90. The number of nitrogens with zero attached hydrogens (tertiary/aromatic N) is 1. The highest BCUT2D eigenvalue weighted by molar-refractivity contribution is 7.91. The number of Topliss-reactive ketones (excluding diaryl/α,β-unsaturated/α-hetero) is 1. The molecule has 2 aromatic carbocycles. The maximum absolute atomic E-state index is 13.8. The lowest BCUT2D eigenvalue weighted by molar-refractivity contribution is -0.136. The fourth-order valence-electron chi connectivity index (χ4n) is 5.19. The normalized spacial score (nSPS) is 14.8. The van der Waals surface area contributed by atoms with E-state index in [1.807, 2.05) is 0 Å². The highest BCUT2D eigenvalue weighted by Gasteiger charge is 2.32. The van der Waals surface area contributed by atoms with Gasteiger partial charge in [-0.2, -0.15) is 0 Å². The van der Waals surface area contributed by atoms with Gasteiger partial charge in [0.05, 0.1) is 16.6 Å². The third kappa shape index (κ3) is 9.79. The Hall–Kier alpha value is -3.57. The first-order valence-corrected chi connectivity index (χ1v) is 15.7. The van der Waals surface area contributed by atoms with Crippen molar-refractivity contribution in [3.63, 3.8) is 0 Å². The van der Waals surface area contributed by atoms with Crippen molar-refractivity contribution in [2.45, 2.75) is 56.8 Å². The van der Waals surface area contributed by atoms with Gasteiger partial charge in [0.25, 0.3) is 0 Å². The van der Waals surface area contributed by atoms with E-state index >= 15 is 0 Å². The van der Waals surface area contributed by atoms with Crippen LogP contribution in [-0.2, 0) is 30.6 Å². The highest BCUT2D eigenvalue weighted by atomic mass is 32.2. The first kappa shape index (κ1) is 32.0. The van der Waals surface area contributed by atoms with Crippen LogP contribution in [-0.4, -0.2) is 62.1 Å². The first-order valence-electron chi connectivity index (χ1n) is 14.0. The van der Waals surface area contributed by atoms with E-state index in [0.29, 0.717) is 42.2 Å². The molecule has 0 unspecified atom stereocenters. The SMILES string of the molecule is CC(=O)CCCC1CCN(C(=O)[C@H](Cc2cccc(C(=N)N)c2)CS(=O)(=O)c2cccc(NC(=O)CCN)c2)CC1. The van der Waals surface area contributed by atoms with Crippen LogP contribution < -0.4 is 16.8 Å². The molecule has 1 saturated heterocycles. The summed E-state index contributed by atoms with van der Waals surface area (Å²) in [6.07, 6.45) is 4.25. The van der Waals surface area contributed by atoms with Gasteiger partial charge in [0.2, 0.25) is 11.8 Å². The molecule has 0 aliphatic carbocycles. The number of sulfone groups is 1. The Morgan fingerprint density at radius 3 is 2.44 bits per heavy atom. The van der Waals surface area contributed by atoms with E-state index < -0.39 is 21.5 Å². The molecule has 222 valence electrons. The van der Waals surface area contributed by atoms with Crippen molar-refractivity contribution < 1.29 is 22.8 Å². The van der Waals surface area contributed by atoms with Crippen LogP contribution in [0.5, 0.6) is 0 Å². The second-order valence-electron chi connectivity index (χ2n) is 10.8. The number of likely N-dealkylation sites (tertiary alicyclic amines) is 1. The van der Waals surface area contributed by atoms with Crippen molar-refractivity contribution in [2.75, 3.05) is 30.7 Å². The van der Waals surface area contributed by atoms with Gasteiger partial charge in [0, 0.05) is 43.7 Å². The zero-order chi connectivity index (χ0) is 30.0.